The number of nitrogens with zero attached hydrogens (tertiary/aromatic N) is 2. The van der Waals surface area contributed by atoms with Crippen molar-refractivity contribution in [2.24, 2.45) is 0 Å². The van der Waals surface area contributed by atoms with E-state index in [2.05, 4.69) is 5.32 Å². The summed E-state index contributed by atoms with van der Waals surface area (Å²) in [4.78, 5) is 28.3. The normalized spacial score (nSPS) is 15.1. The summed E-state index contributed by atoms with van der Waals surface area (Å²) in [7, 11) is -4.29. The second-order valence-corrected chi connectivity index (χ2v) is 12.7. The van der Waals surface area contributed by atoms with Crippen molar-refractivity contribution in [2.75, 3.05) is 17.1 Å². The van der Waals surface area contributed by atoms with Gasteiger partial charge in [-0.1, -0.05) is 60.6 Å². The van der Waals surface area contributed by atoms with Crippen LogP contribution in [-0.4, -0.2) is 50.0 Å². The molecule has 2 aromatic rings. The molecular weight excluding hydrogens is 614 g/mol. The van der Waals surface area contributed by atoms with Crippen molar-refractivity contribution in [3.8, 4) is 0 Å². The van der Waals surface area contributed by atoms with Crippen LogP contribution in [-0.2, 0) is 32.3 Å². The van der Waals surface area contributed by atoms with Crippen molar-refractivity contribution in [2.45, 2.75) is 63.8 Å². The van der Waals surface area contributed by atoms with Gasteiger partial charge in [-0.3, -0.25) is 13.9 Å². The number of sulfonamides is 1. The standard InChI is InChI=1S/C26H29Cl3F3N3O4S/c1-3-22(25(37)33-18-6-4-5-7-18)34(14-16-8-10-19(27)21(29)12-16)24(36)15-35(40(2,38)39)23-13-17(26(30,31)32)9-11-20(23)28/h8-13,18,22H,3-7,14-15H2,1-2H3,(H,33,37)/t22-/m1/s1. The number of halogens is 6. The molecule has 1 fully saturated rings. The van der Waals surface area contributed by atoms with Crippen molar-refractivity contribution in [1.29, 1.82) is 0 Å². The summed E-state index contributed by atoms with van der Waals surface area (Å²) in [5.74, 6) is -1.23. The molecule has 1 aliphatic carbocycles. The van der Waals surface area contributed by atoms with E-state index in [1.54, 1.807) is 13.0 Å². The topological polar surface area (TPSA) is 86.8 Å². The predicted molar refractivity (Wildman–Crippen MR) is 150 cm³/mol. The number of carbonyl (C=O) groups is 2. The summed E-state index contributed by atoms with van der Waals surface area (Å²) in [6, 6.07) is 5.81. The molecule has 7 nitrogen and oxygen atoms in total. The Labute approximate surface area is 246 Å². The van der Waals surface area contributed by atoms with Gasteiger partial charge in [0, 0.05) is 12.6 Å². The Balaban J connectivity index is 2.01. The molecule has 0 spiro atoms. The molecule has 1 aliphatic rings. The number of hydrogen-bond donors (Lipinski definition) is 1. The van der Waals surface area contributed by atoms with Gasteiger partial charge in [0.1, 0.15) is 12.6 Å². The van der Waals surface area contributed by atoms with Crippen LogP contribution in [0.25, 0.3) is 0 Å². The third-order valence-electron chi connectivity index (χ3n) is 6.65. The molecule has 0 aliphatic heterocycles. The van der Waals surface area contributed by atoms with E-state index >= 15 is 0 Å². The number of benzene rings is 2. The molecule has 0 saturated heterocycles. The van der Waals surface area contributed by atoms with E-state index in [0.29, 0.717) is 22.0 Å². The summed E-state index contributed by atoms with van der Waals surface area (Å²) < 4.78 is 66.2. The van der Waals surface area contributed by atoms with Gasteiger partial charge < -0.3 is 10.2 Å². The van der Waals surface area contributed by atoms with Gasteiger partial charge in [0.2, 0.25) is 21.8 Å². The van der Waals surface area contributed by atoms with Crippen molar-refractivity contribution >= 4 is 62.3 Å². The molecule has 0 bridgehead atoms. The van der Waals surface area contributed by atoms with Gasteiger partial charge in [0.25, 0.3) is 0 Å². The fraction of sp³-hybridized carbons (Fsp3) is 0.462. The molecular formula is C26H29Cl3F3N3O4S. The zero-order valence-corrected chi connectivity index (χ0v) is 24.9. The third kappa shape index (κ3) is 8.18. The minimum atomic E-state index is -4.78. The van der Waals surface area contributed by atoms with Crippen molar-refractivity contribution in [3.05, 3.63) is 62.6 Å². The van der Waals surface area contributed by atoms with Gasteiger partial charge in [-0.2, -0.15) is 13.2 Å². The molecule has 0 unspecified atom stereocenters. The minimum Gasteiger partial charge on any atom is -0.352 e. The highest BCUT2D eigenvalue weighted by molar-refractivity contribution is 7.92. The van der Waals surface area contributed by atoms with Crippen LogP contribution in [0.2, 0.25) is 15.1 Å². The first-order valence-corrected chi connectivity index (χ1v) is 15.5. The van der Waals surface area contributed by atoms with Crippen molar-refractivity contribution < 1.29 is 31.2 Å². The van der Waals surface area contributed by atoms with Crippen LogP contribution >= 0.6 is 34.8 Å². The number of carbonyl (C=O) groups excluding carboxylic acids is 2. The number of rotatable bonds is 10. The van der Waals surface area contributed by atoms with Gasteiger partial charge in [-0.25, -0.2) is 8.42 Å². The van der Waals surface area contributed by atoms with Gasteiger partial charge in [0.15, 0.2) is 0 Å². The molecule has 1 N–H and O–H groups in total. The van der Waals surface area contributed by atoms with Crippen LogP contribution in [0.1, 0.15) is 50.2 Å². The molecule has 3 rings (SSSR count). The minimum absolute atomic E-state index is 0.0417. The van der Waals surface area contributed by atoms with Crippen LogP contribution in [0.4, 0.5) is 18.9 Å². The Morgan fingerprint density at radius 2 is 1.65 bits per heavy atom. The van der Waals surface area contributed by atoms with Gasteiger partial charge in [0.05, 0.1) is 32.6 Å². The monoisotopic (exact) mass is 641 g/mol. The first kappa shape index (κ1) is 32.3. The number of amides is 2. The van der Waals surface area contributed by atoms with E-state index in [9.17, 15) is 31.2 Å². The molecule has 0 heterocycles. The maximum atomic E-state index is 13.8. The average Bonchev–Trinajstić information content (AvgIpc) is 3.36. The molecule has 220 valence electrons. The Bertz CT molecular complexity index is 1350. The second kappa shape index (κ2) is 13.2. The quantitative estimate of drug-likeness (QED) is 0.330. The highest BCUT2D eigenvalue weighted by Crippen LogP contribution is 2.36. The van der Waals surface area contributed by atoms with Gasteiger partial charge in [-0.05, 0) is 55.2 Å². The van der Waals surface area contributed by atoms with E-state index in [0.717, 1.165) is 38.0 Å². The lowest BCUT2D eigenvalue weighted by atomic mass is 10.1. The molecule has 0 radical (unpaired) electrons. The van der Waals surface area contributed by atoms with Gasteiger partial charge in [-0.15, -0.1) is 0 Å². The number of hydrogen-bond acceptors (Lipinski definition) is 4. The van der Waals surface area contributed by atoms with E-state index in [-0.39, 0.29) is 34.1 Å². The Hall–Kier alpha value is -2.21. The first-order chi connectivity index (χ1) is 18.6. The summed E-state index contributed by atoms with van der Waals surface area (Å²) in [5.41, 5.74) is -1.13. The lowest BCUT2D eigenvalue weighted by Gasteiger charge is -2.33. The first-order valence-electron chi connectivity index (χ1n) is 12.5. The fourth-order valence-electron chi connectivity index (χ4n) is 4.60. The van der Waals surface area contributed by atoms with Crippen molar-refractivity contribution in [3.63, 3.8) is 0 Å². The maximum Gasteiger partial charge on any atom is 0.416 e. The predicted octanol–water partition coefficient (Wildman–Crippen LogP) is 6.30. The largest absolute Gasteiger partial charge is 0.416 e. The smallest absolute Gasteiger partial charge is 0.352 e. The fourth-order valence-corrected chi connectivity index (χ4v) is 6.04. The molecule has 14 heteroatoms. The molecule has 40 heavy (non-hydrogen) atoms. The zero-order chi connectivity index (χ0) is 29.8. The van der Waals surface area contributed by atoms with Crippen LogP contribution < -0.4 is 9.62 Å². The van der Waals surface area contributed by atoms with E-state index < -0.39 is 51.9 Å². The van der Waals surface area contributed by atoms with Crippen LogP contribution in [0.5, 0.6) is 0 Å². The molecule has 2 amide bonds. The zero-order valence-electron chi connectivity index (χ0n) is 21.8. The van der Waals surface area contributed by atoms with E-state index in [4.69, 9.17) is 34.8 Å². The van der Waals surface area contributed by atoms with Crippen LogP contribution in [0, 0.1) is 0 Å². The number of alkyl halides is 3. The lowest BCUT2D eigenvalue weighted by molar-refractivity contribution is -0.140. The lowest BCUT2D eigenvalue weighted by Crippen LogP contribution is -2.53. The van der Waals surface area contributed by atoms with E-state index in [1.807, 2.05) is 0 Å². The third-order valence-corrected chi connectivity index (χ3v) is 8.83. The van der Waals surface area contributed by atoms with Crippen LogP contribution in [0.3, 0.4) is 0 Å². The highest BCUT2D eigenvalue weighted by atomic mass is 35.5. The second-order valence-electron chi connectivity index (χ2n) is 9.62. The number of anilines is 1. The summed E-state index contributed by atoms with van der Waals surface area (Å²) in [5, 5.41) is 3.15. The summed E-state index contributed by atoms with van der Waals surface area (Å²) in [6.07, 6.45) is -0.293. The Morgan fingerprint density at radius 3 is 2.20 bits per heavy atom. The SMILES string of the molecule is CC[C@H](C(=O)NC1CCCC1)N(Cc1ccc(Cl)c(Cl)c1)C(=O)CN(c1cc(C(F)(F)F)ccc1Cl)S(C)(=O)=O. The number of nitrogens with one attached hydrogen (secondary N) is 1. The molecule has 0 aromatic heterocycles. The van der Waals surface area contributed by atoms with Gasteiger partial charge >= 0.3 is 6.18 Å². The summed E-state index contributed by atoms with van der Waals surface area (Å²) >= 11 is 18.3. The summed E-state index contributed by atoms with van der Waals surface area (Å²) in [6.45, 7) is 0.667. The van der Waals surface area contributed by atoms with Crippen LogP contribution in [0.15, 0.2) is 36.4 Å². The van der Waals surface area contributed by atoms with Crippen molar-refractivity contribution in [1.82, 2.24) is 10.2 Å². The average molecular weight is 643 g/mol. The maximum absolute atomic E-state index is 13.8. The molecule has 1 saturated carbocycles. The highest BCUT2D eigenvalue weighted by Gasteiger charge is 2.36. The Kier molecular flexibility index (Phi) is 10.6. The molecule has 2 aromatic carbocycles. The molecule has 1 atom stereocenters. The van der Waals surface area contributed by atoms with E-state index in [1.165, 1.54) is 17.0 Å². The Morgan fingerprint density at radius 1 is 1.02 bits per heavy atom.